The maximum Gasteiger partial charge on any atom is 0.319 e. The zero-order valence-electron chi connectivity index (χ0n) is 15.5. The van der Waals surface area contributed by atoms with Crippen LogP contribution in [0.2, 0.25) is 0 Å². The summed E-state index contributed by atoms with van der Waals surface area (Å²) >= 11 is 0. The van der Waals surface area contributed by atoms with Gasteiger partial charge in [-0.2, -0.15) is 0 Å². The number of benzene rings is 2. The largest absolute Gasteiger partial charge is 0.345 e. The van der Waals surface area contributed by atoms with Crippen LogP contribution in [-0.4, -0.2) is 37.5 Å². The molecule has 0 fully saturated rings. The third-order valence-corrected chi connectivity index (χ3v) is 3.87. The predicted octanol–water partition coefficient (Wildman–Crippen LogP) is 3.18. The van der Waals surface area contributed by atoms with E-state index in [1.807, 2.05) is 32.0 Å². The van der Waals surface area contributed by atoms with Crippen molar-refractivity contribution in [2.24, 2.45) is 0 Å². The molecule has 5 nitrogen and oxygen atoms in total. The molecule has 26 heavy (non-hydrogen) atoms. The van der Waals surface area contributed by atoms with Crippen LogP contribution >= 0.6 is 0 Å². The van der Waals surface area contributed by atoms with Crippen LogP contribution in [0, 0.1) is 25.7 Å². The normalized spacial score (nSPS) is 9.69. The number of nitrogens with one attached hydrogen (secondary N) is 2. The summed E-state index contributed by atoms with van der Waals surface area (Å²) in [7, 11) is 3.43. The Kier molecular flexibility index (Phi) is 6.40. The van der Waals surface area contributed by atoms with Gasteiger partial charge in [-0.05, 0) is 61.4 Å². The first kappa shape index (κ1) is 19.1. The van der Waals surface area contributed by atoms with Crippen molar-refractivity contribution in [2.45, 2.75) is 13.8 Å². The van der Waals surface area contributed by atoms with Gasteiger partial charge in [-0.15, -0.1) is 0 Å². The molecule has 0 unspecified atom stereocenters. The van der Waals surface area contributed by atoms with Crippen LogP contribution in [0.15, 0.2) is 42.5 Å². The lowest BCUT2D eigenvalue weighted by Crippen LogP contribution is -2.28. The van der Waals surface area contributed by atoms with E-state index in [0.717, 1.165) is 16.8 Å². The first-order valence-corrected chi connectivity index (χ1v) is 8.29. The number of carbonyl (C=O) groups excluding carboxylic acids is 2. The summed E-state index contributed by atoms with van der Waals surface area (Å²) in [6, 6.07) is 12.5. The number of amides is 3. The minimum Gasteiger partial charge on any atom is -0.345 e. The van der Waals surface area contributed by atoms with E-state index in [-0.39, 0.29) is 18.5 Å². The number of nitrogens with zero attached hydrogens (tertiary/aromatic N) is 1. The highest BCUT2D eigenvalue weighted by Gasteiger charge is 2.06. The molecule has 0 aliphatic carbocycles. The minimum atomic E-state index is -0.297. The number of urea groups is 1. The maximum absolute atomic E-state index is 11.9. The third kappa shape index (κ3) is 5.38. The van der Waals surface area contributed by atoms with Crippen LogP contribution in [0.4, 0.5) is 10.5 Å². The van der Waals surface area contributed by atoms with E-state index >= 15 is 0 Å². The standard InChI is InChI=1S/C21H23N3O2/c1-15-7-12-19(14-16(15)2)23-21(26)22-13-5-6-17-8-10-18(11-9-17)20(25)24(3)4/h7-12,14H,13H2,1-4H3,(H2,22,23,26). The molecule has 0 aliphatic rings. The fraction of sp³-hybridized carbons (Fsp3) is 0.238. The molecule has 0 heterocycles. The van der Waals surface area contributed by atoms with Gasteiger partial charge in [-0.1, -0.05) is 17.9 Å². The van der Waals surface area contributed by atoms with Gasteiger partial charge in [-0.3, -0.25) is 4.79 Å². The summed E-state index contributed by atoms with van der Waals surface area (Å²) in [6.07, 6.45) is 0. The van der Waals surface area contributed by atoms with Gasteiger partial charge in [0.05, 0.1) is 6.54 Å². The fourth-order valence-corrected chi connectivity index (χ4v) is 2.22. The highest BCUT2D eigenvalue weighted by Crippen LogP contribution is 2.13. The summed E-state index contributed by atoms with van der Waals surface area (Å²) in [5, 5.41) is 5.47. The Morgan fingerprint density at radius 2 is 1.69 bits per heavy atom. The second kappa shape index (κ2) is 8.72. The SMILES string of the molecule is Cc1ccc(NC(=O)NCC#Cc2ccc(C(=O)N(C)C)cc2)cc1C. The Bertz CT molecular complexity index is 859. The quantitative estimate of drug-likeness (QED) is 0.836. The Balaban J connectivity index is 1.85. The first-order valence-electron chi connectivity index (χ1n) is 8.29. The van der Waals surface area contributed by atoms with Crippen molar-refractivity contribution in [2.75, 3.05) is 26.0 Å². The average Bonchev–Trinajstić information content (AvgIpc) is 2.61. The molecular weight excluding hydrogens is 326 g/mol. The zero-order chi connectivity index (χ0) is 19.1. The van der Waals surface area contributed by atoms with Gasteiger partial charge in [-0.25, -0.2) is 4.79 Å². The molecule has 0 radical (unpaired) electrons. The fourth-order valence-electron chi connectivity index (χ4n) is 2.22. The topological polar surface area (TPSA) is 61.4 Å². The lowest BCUT2D eigenvalue weighted by atomic mass is 10.1. The van der Waals surface area contributed by atoms with Gasteiger partial charge < -0.3 is 15.5 Å². The molecule has 2 aromatic rings. The van der Waals surface area contributed by atoms with Crippen molar-refractivity contribution in [3.05, 3.63) is 64.7 Å². The zero-order valence-corrected chi connectivity index (χ0v) is 15.5. The predicted molar refractivity (Wildman–Crippen MR) is 104 cm³/mol. The molecule has 2 rings (SSSR count). The van der Waals surface area contributed by atoms with Crippen LogP contribution < -0.4 is 10.6 Å². The lowest BCUT2D eigenvalue weighted by Gasteiger charge is -2.09. The van der Waals surface area contributed by atoms with E-state index in [4.69, 9.17) is 0 Å². The first-order chi connectivity index (χ1) is 12.4. The number of rotatable bonds is 3. The summed E-state index contributed by atoms with van der Waals surface area (Å²) in [5.74, 6) is 5.80. The lowest BCUT2D eigenvalue weighted by molar-refractivity contribution is 0.0827. The second-order valence-electron chi connectivity index (χ2n) is 6.19. The Hall–Kier alpha value is -3.26. The molecule has 0 aromatic heterocycles. The summed E-state index contributed by atoms with van der Waals surface area (Å²) in [6.45, 7) is 4.26. The Morgan fingerprint density at radius 1 is 1.00 bits per heavy atom. The maximum atomic E-state index is 11.9. The van der Waals surface area contributed by atoms with Crippen molar-refractivity contribution < 1.29 is 9.59 Å². The van der Waals surface area contributed by atoms with Gasteiger partial charge in [0.15, 0.2) is 0 Å². The molecule has 134 valence electrons. The number of aryl methyl sites for hydroxylation is 2. The van der Waals surface area contributed by atoms with Gasteiger partial charge in [0.2, 0.25) is 0 Å². The smallest absolute Gasteiger partial charge is 0.319 e. The molecule has 5 heteroatoms. The van der Waals surface area contributed by atoms with Crippen LogP contribution in [0.1, 0.15) is 27.0 Å². The van der Waals surface area contributed by atoms with Crippen molar-refractivity contribution in [1.29, 1.82) is 0 Å². The molecule has 2 aromatic carbocycles. The number of carbonyl (C=O) groups is 2. The van der Waals surface area contributed by atoms with Crippen molar-refractivity contribution in [3.63, 3.8) is 0 Å². The molecular formula is C21H23N3O2. The van der Waals surface area contributed by atoms with Gasteiger partial charge in [0.1, 0.15) is 0 Å². The summed E-state index contributed by atoms with van der Waals surface area (Å²) < 4.78 is 0. The molecule has 0 atom stereocenters. The Morgan fingerprint density at radius 3 is 2.31 bits per heavy atom. The van der Waals surface area contributed by atoms with Crippen LogP contribution in [0.25, 0.3) is 0 Å². The average molecular weight is 349 g/mol. The van der Waals surface area contributed by atoms with E-state index in [9.17, 15) is 9.59 Å². The molecule has 0 saturated heterocycles. The van der Waals surface area contributed by atoms with Crippen LogP contribution in [0.5, 0.6) is 0 Å². The molecule has 3 amide bonds. The van der Waals surface area contributed by atoms with Crippen molar-refractivity contribution in [1.82, 2.24) is 10.2 Å². The van der Waals surface area contributed by atoms with E-state index in [0.29, 0.717) is 5.56 Å². The summed E-state index contributed by atoms with van der Waals surface area (Å²) in [5.41, 5.74) is 4.46. The number of hydrogen-bond acceptors (Lipinski definition) is 2. The van der Waals surface area contributed by atoms with Gasteiger partial charge in [0, 0.05) is 30.9 Å². The highest BCUT2D eigenvalue weighted by atomic mass is 16.2. The molecule has 0 spiro atoms. The molecule has 2 N–H and O–H groups in total. The monoisotopic (exact) mass is 349 g/mol. The number of hydrogen-bond donors (Lipinski definition) is 2. The molecule has 0 saturated carbocycles. The van der Waals surface area contributed by atoms with E-state index in [1.54, 1.807) is 38.4 Å². The van der Waals surface area contributed by atoms with Gasteiger partial charge >= 0.3 is 6.03 Å². The molecule has 0 aliphatic heterocycles. The third-order valence-electron chi connectivity index (χ3n) is 3.87. The highest BCUT2D eigenvalue weighted by molar-refractivity contribution is 5.94. The van der Waals surface area contributed by atoms with E-state index in [1.165, 1.54) is 10.5 Å². The molecule has 0 bridgehead atoms. The minimum absolute atomic E-state index is 0.0470. The van der Waals surface area contributed by atoms with Gasteiger partial charge in [0.25, 0.3) is 5.91 Å². The van der Waals surface area contributed by atoms with Crippen LogP contribution in [-0.2, 0) is 0 Å². The van der Waals surface area contributed by atoms with Crippen LogP contribution in [0.3, 0.4) is 0 Å². The second-order valence-corrected chi connectivity index (χ2v) is 6.19. The Labute approximate surface area is 154 Å². The van der Waals surface area contributed by atoms with E-state index in [2.05, 4.69) is 22.5 Å². The van der Waals surface area contributed by atoms with Crippen molar-refractivity contribution >= 4 is 17.6 Å². The van der Waals surface area contributed by atoms with Crippen molar-refractivity contribution in [3.8, 4) is 11.8 Å². The van der Waals surface area contributed by atoms with E-state index < -0.39 is 0 Å². The number of anilines is 1. The summed E-state index contributed by atoms with van der Waals surface area (Å²) in [4.78, 5) is 25.2.